The molecule has 0 spiro atoms. The lowest BCUT2D eigenvalue weighted by molar-refractivity contribution is 0.394. The summed E-state index contributed by atoms with van der Waals surface area (Å²) in [5.74, 6) is 1.89. The van der Waals surface area contributed by atoms with Crippen molar-refractivity contribution >= 4 is 23.1 Å². The second-order valence-electron chi connectivity index (χ2n) is 4.99. The first kappa shape index (κ1) is 14.9. The van der Waals surface area contributed by atoms with Crippen LogP contribution in [0.25, 0.3) is 23.1 Å². The lowest BCUT2D eigenvalue weighted by Gasteiger charge is -2.05. The normalized spacial score (nSPS) is 11.0. The van der Waals surface area contributed by atoms with Crippen LogP contribution in [0, 0.1) is 0 Å². The molecule has 0 aliphatic carbocycles. The van der Waals surface area contributed by atoms with Crippen LogP contribution in [-0.2, 0) is 0 Å². The Labute approximate surface area is 133 Å². The molecule has 0 radical (unpaired) electrons. The average Bonchev–Trinajstić information content (AvgIpc) is 2.59. The first-order chi connectivity index (χ1) is 11.2. The number of benzene rings is 2. The van der Waals surface area contributed by atoms with E-state index in [1.165, 1.54) is 6.07 Å². The highest BCUT2D eigenvalue weighted by molar-refractivity contribution is 5.78. The smallest absolute Gasteiger partial charge is 0.193 e. The molecule has 3 aromatic rings. The summed E-state index contributed by atoms with van der Waals surface area (Å²) in [6.07, 6.45) is 3.60. The maximum Gasteiger partial charge on any atom is 0.193 e. The molecule has 2 aromatic carbocycles. The van der Waals surface area contributed by atoms with Crippen LogP contribution in [0.2, 0.25) is 0 Å². The third-order valence-electron chi connectivity index (χ3n) is 3.47. The van der Waals surface area contributed by atoms with Gasteiger partial charge in [0.05, 0.1) is 19.6 Å². The van der Waals surface area contributed by atoms with Gasteiger partial charge < -0.3 is 13.9 Å². The first-order valence-electron chi connectivity index (χ1n) is 7.13. The van der Waals surface area contributed by atoms with Gasteiger partial charge in [0.1, 0.15) is 22.8 Å². The van der Waals surface area contributed by atoms with E-state index in [4.69, 9.17) is 13.9 Å². The van der Waals surface area contributed by atoms with Crippen molar-refractivity contribution in [2.45, 2.75) is 0 Å². The van der Waals surface area contributed by atoms with Crippen LogP contribution in [0.3, 0.4) is 0 Å². The Kier molecular flexibility index (Phi) is 4.15. The zero-order valence-electron chi connectivity index (χ0n) is 12.9. The minimum absolute atomic E-state index is 0.0604. The quantitative estimate of drug-likeness (QED) is 0.731. The van der Waals surface area contributed by atoms with E-state index in [1.807, 2.05) is 30.3 Å². The Morgan fingerprint density at radius 2 is 1.61 bits per heavy atom. The maximum absolute atomic E-state index is 12.1. The highest BCUT2D eigenvalue weighted by Crippen LogP contribution is 2.24. The largest absolute Gasteiger partial charge is 0.497 e. The molecule has 1 heterocycles. The SMILES string of the molecule is COc1cc(/C=C/c2cc(=O)c3ccccc3o2)cc(OC)c1. The molecule has 0 N–H and O–H groups in total. The van der Waals surface area contributed by atoms with Crippen LogP contribution in [0.15, 0.2) is 57.7 Å². The minimum atomic E-state index is -0.0604. The lowest BCUT2D eigenvalue weighted by atomic mass is 10.1. The molecule has 116 valence electrons. The van der Waals surface area contributed by atoms with Crippen molar-refractivity contribution in [1.29, 1.82) is 0 Å². The molecule has 4 heteroatoms. The predicted octanol–water partition coefficient (Wildman–Crippen LogP) is 3.98. The molecular weight excluding hydrogens is 292 g/mol. The van der Waals surface area contributed by atoms with Gasteiger partial charge in [-0.1, -0.05) is 18.2 Å². The van der Waals surface area contributed by atoms with Crippen LogP contribution < -0.4 is 14.9 Å². The van der Waals surface area contributed by atoms with Gasteiger partial charge in [0.15, 0.2) is 5.43 Å². The fourth-order valence-electron chi connectivity index (χ4n) is 2.31. The molecule has 4 nitrogen and oxygen atoms in total. The van der Waals surface area contributed by atoms with Gasteiger partial charge in [-0.05, 0) is 35.9 Å². The van der Waals surface area contributed by atoms with Crippen molar-refractivity contribution in [3.8, 4) is 11.5 Å². The molecule has 0 saturated heterocycles. The van der Waals surface area contributed by atoms with E-state index >= 15 is 0 Å². The minimum Gasteiger partial charge on any atom is -0.497 e. The van der Waals surface area contributed by atoms with Crippen molar-refractivity contribution in [2.24, 2.45) is 0 Å². The second-order valence-corrected chi connectivity index (χ2v) is 4.99. The highest BCUT2D eigenvalue weighted by atomic mass is 16.5. The molecule has 0 saturated carbocycles. The molecule has 0 aliphatic heterocycles. The molecule has 0 bridgehead atoms. The summed E-state index contributed by atoms with van der Waals surface area (Å²) < 4.78 is 16.2. The third-order valence-corrected chi connectivity index (χ3v) is 3.47. The molecule has 0 atom stereocenters. The molecule has 1 aromatic heterocycles. The van der Waals surface area contributed by atoms with Crippen molar-refractivity contribution in [3.63, 3.8) is 0 Å². The van der Waals surface area contributed by atoms with Gasteiger partial charge in [-0.3, -0.25) is 4.79 Å². The van der Waals surface area contributed by atoms with E-state index in [9.17, 15) is 4.79 Å². The van der Waals surface area contributed by atoms with Crippen molar-refractivity contribution in [2.75, 3.05) is 14.2 Å². The van der Waals surface area contributed by atoms with E-state index < -0.39 is 0 Å². The van der Waals surface area contributed by atoms with Gasteiger partial charge in [0.25, 0.3) is 0 Å². The van der Waals surface area contributed by atoms with E-state index in [0.717, 1.165) is 5.56 Å². The van der Waals surface area contributed by atoms with Gasteiger partial charge >= 0.3 is 0 Å². The molecule has 0 aliphatic rings. The lowest BCUT2D eigenvalue weighted by Crippen LogP contribution is -1.99. The Balaban J connectivity index is 1.98. The van der Waals surface area contributed by atoms with Gasteiger partial charge in [-0.2, -0.15) is 0 Å². The first-order valence-corrected chi connectivity index (χ1v) is 7.13. The van der Waals surface area contributed by atoms with E-state index in [0.29, 0.717) is 28.2 Å². The summed E-state index contributed by atoms with van der Waals surface area (Å²) in [6, 6.07) is 14.2. The molecule has 0 fully saturated rings. The van der Waals surface area contributed by atoms with E-state index in [2.05, 4.69) is 0 Å². The number of methoxy groups -OCH3 is 2. The number of para-hydroxylation sites is 1. The van der Waals surface area contributed by atoms with Crippen LogP contribution >= 0.6 is 0 Å². The number of ether oxygens (including phenoxy) is 2. The van der Waals surface area contributed by atoms with E-state index in [-0.39, 0.29) is 5.43 Å². The number of hydrogen-bond donors (Lipinski definition) is 0. The molecule has 0 unspecified atom stereocenters. The molecule has 3 rings (SSSR count). The van der Waals surface area contributed by atoms with Crippen LogP contribution in [0.5, 0.6) is 11.5 Å². The third kappa shape index (κ3) is 3.26. The van der Waals surface area contributed by atoms with Crippen molar-refractivity contribution < 1.29 is 13.9 Å². The van der Waals surface area contributed by atoms with Crippen LogP contribution in [-0.4, -0.2) is 14.2 Å². The van der Waals surface area contributed by atoms with Crippen LogP contribution in [0.1, 0.15) is 11.3 Å². The number of rotatable bonds is 4. The Morgan fingerprint density at radius 1 is 0.913 bits per heavy atom. The second kappa shape index (κ2) is 6.40. The van der Waals surface area contributed by atoms with Crippen molar-refractivity contribution in [3.05, 3.63) is 70.1 Å². The monoisotopic (exact) mass is 308 g/mol. The molecule has 0 amide bonds. The Morgan fingerprint density at radius 3 is 2.30 bits per heavy atom. The summed E-state index contributed by atoms with van der Waals surface area (Å²) >= 11 is 0. The highest BCUT2D eigenvalue weighted by Gasteiger charge is 2.03. The maximum atomic E-state index is 12.1. The fourth-order valence-corrected chi connectivity index (χ4v) is 2.31. The summed E-state index contributed by atoms with van der Waals surface area (Å²) in [5, 5.41) is 0.577. The Hall–Kier alpha value is -3.01. The van der Waals surface area contributed by atoms with Gasteiger partial charge in [0, 0.05) is 12.1 Å². The topological polar surface area (TPSA) is 48.7 Å². The summed E-state index contributed by atoms with van der Waals surface area (Å²) in [6.45, 7) is 0. The molecular formula is C19H16O4. The van der Waals surface area contributed by atoms with E-state index in [1.54, 1.807) is 38.5 Å². The summed E-state index contributed by atoms with van der Waals surface area (Å²) in [7, 11) is 3.20. The zero-order valence-corrected chi connectivity index (χ0v) is 12.9. The van der Waals surface area contributed by atoms with Crippen LogP contribution in [0.4, 0.5) is 0 Å². The van der Waals surface area contributed by atoms with Gasteiger partial charge in [0.2, 0.25) is 0 Å². The number of hydrogen-bond acceptors (Lipinski definition) is 4. The van der Waals surface area contributed by atoms with Gasteiger partial charge in [-0.25, -0.2) is 0 Å². The fraction of sp³-hybridized carbons (Fsp3) is 0.105. The Bertz CT molecular complexity index is 900. The summed E-state index contributed by atoms with van der Waals surface area (Å²) in [5.41, 5.74) is 1.40. The molecule has 23 heavy (non-hydrogen) atoms. The number of fused-ring (bicyclic) bond motifs is 1. The van der Waals surface area contributed by atoms with Gasteiger partial charge in [-0.15, -0.1) is 0 Å². The summed E-state index contributed by atoms with van der Waals surface area (Å²) in [4.78, 5) is 12.1. The predicted molar refractivity (Wildman–Crippen MR) is 91.0 cm³/mol. The average molecular weight is 308 g/mol. The zero-order chi connectivity index (χ0) is 16.2. The standard InChI is InChI=1S/C19H16O4/c1-21-15-9-13(10-16(11-15)22-2)7-8-14-12-18(20)17-5-3-4-6-19(17)23-14/h3-12H,1-2H3/b8-7+. The van der Waals surface area contributed by atoms with Crippen molar-refractivity contribution in [1.82, 2.24) is 0 Å².